The Morgan fingerprint density at radius 1 is 1.38 bits per heavy atom. The Kier molecular flexibility index (Phi) is 3.25. The molecule has 1 atom stereocenters. The SMILES string of the molecule is CC(C)C1COC(c2ccc(CO)cc2)=N1. The van der Waals surface area contributed by atoms with Crippen molar-refractivity contribution in [2.24, 2.45) is 10.9 Å². The zero-order chi connectivity index (χ0) is 11.5. The van der Waals surface area contributed by atoms with E-state index < -0.39 is 0 Å². The van der Waals surface area contributed by atoms with Gasteiger partial charge in [-0.25, -0.2) is 4.99 Å². The third-order valence-corrected chi connectivity index (χ3v) is 2.83. The van der Waals surface area contributed by atoms with E-state index in [1.807, 2.05) is 24.3 Å². The van der Waals surface area contributed by atoms with E-state index in [1.54, 1.807) is 0 Å². The fourth-order valence-electron chi connectivity index (χ4n) is 1.64. The first-order valence-electron chi connectivity index (χ1n) is 5.61. The van der Waals surface area contributed by atoms with Crippen LogP contribution in [0.15, 0.2) is 29.3 Å². The van der Waals surface area contributed by atoms with Gasteiger partial charge in [0, 0.05) is 5.56 Å². The minimum Gasteiger partial charge on any atom is -0.475 e. The van der Waals surface area contributed by atoms with Gasteiger partial charge in [0.2, 0.25) is 5.90 Å². The molecule has 0 amide bonds. The predicted octanol–water partition coefficient (Wildman–Crippen LogP) is 1.98. The van der Waals surface area contributed by atoms with E-state index in [-0.39, 0.29) is 12.6 Å². The van der Waals surface area contributed by atoms with Gasteiger partial charge in [-0.05, 0) is 23.6 Å². The molecule has 1 aliphatic rings. The standard InChI is InChI=1S/C13H17NO2/c1-9(2)12-8-16-13(14-12)11-5-3-10(7-15)4-6-11/h3-6,9,12,15H,7-8H2,1-2H3. The molecule has 0 bridgehead atoms. The highest BCUT2D eigenvalue weighted by atomic mass is 16.5. The molecule has 86 valence electrons. The molecule has 3 heteroatoms. The van der Waals surface area contributed by atoms with Crippen molar-refractivity contribution in [2.75, 3.05) is 6.61 Å². The molecule has 0 aromatic heterocycles. The van der Waals surface area contributed by atoms with Crippen LogP contribution in [0.5, 0.6) is 0 Å². The monoisotopic (exact) mass is 219 g/mol. The Morgan fingerprint density at radius 3 is 2.56 bits per heavy atom. The summed E-state index contributed by atoms with van der Waals surface area (Å²) in [4.78, 5) is 4.55. The van der Waals surface area contributed by atoms with E-state index in [1.165, 1.54) is 0 Å². The van der Waals surface area contributed by atoms with Crippen LogP contribution in [0.2, 0.25) is 0 Å². The highest BCUT2D eigenvalue weighted by Gasteiger charge is 2.22. The molecule has 0 aliphatic carbocycles. The average Bonchev–Trinajstić information content (AvgIpc) is 2.78. The fourth-order valence-corrected chi connectivity index (χ4v) is 1.64. The van der Waals surface area contributed by atoms with E-state index in [0.717, 1.165) is 17.0 Å². The van der Waals surface area contributed by atoms with Gasteiger partial charge < -0.3 is 9.84 Å². The first-order chi connectivity index (χ1) is 7.70. The normalized spacial score (nSPS) is 19.8. The van der Waals surface area contributed by atoms with Gasteiger partial charge in [0.15, 0.2) is 0 Å². The average molecular weight is 219 g/mol. The van der Waals surface area contributed by atoms with Crippen LogP contribution in [-0.2, 0) is 11.3 Å². The van der Waals surface area contributed by atoms with E-state index in [4.69, 9.17) is 9.84 Å². The maximum absolute atomic E-state index is 8.95. The van der Waals surface area contributed by atoms with Crippen molar-refractivity contribution >= 4 is 5.90 Å². The van der Waals surface area contributed by atoms with Crippen LogP contribution in [0, 0.1) is 5.92 Å². The van der Waals surface area contributed by atoms with E-state index in [2.05, 4.69) is 18.8 Å². The summed E-state index contributed by atoms with van der Waals surface area (Å²) in [7, 11) is 0. The van der Waals surface area contributed by atoms with Gasteiger partial charge in [-0.1, -0.05) is 26.0 Å². The molecule has 3 nitrogen and oxygen atoms in total. The van der Waals surface area contributed by atoms with Gasteiger partial charge >= 0.3 is 0 Å². The molecular formula is C13H17NO2. The number of aliphatic hydroxyl groups is 1. The molecule has 1 N–H and O–H groups in total. The smallest absolute Gasteiger partial charge is 0.216 e. The van der Waals surface area contributed by atoms with Crippen LogP contribution < -0.4 is 0 Å². The molecule has 0 saturated carbocycles. The summed E-state index contributed by atoms with van der Waals surface area (Å²) in [6.07, 6.45) is 0. The Labute approximate surface area is 95.8 Å². The van der Waals surface area contributed by atoms with Gasteiger partial charge in [-0.15, -0.1) is 0 Å². The van der Waals surface area contributed by atoms with Crippen molar-refractivity contribution in [1.82, 2.24) is 0 Å². The zero-order valence-electron chi connectivity index (χ0n) is 9.68. The van der Waals surface area contributed by atoms with Gasteiger partial charge in [-0.2, -0.15) is 0 Å². The summed E-state index contributed by atoms with van der Waals surface area (Å²) >= 11 is 0. The Morgan fingerprint density at radius 2 is 2.06 bits per heavy atom. The predicted molar refractivity (Wildman–Crippen MR) is 63.5 cm³/mol. The minimum absolute atomic E-state index is 0.0717. The largest absolute Gasteiger partial charge is 0.475 e. The van der Waals surface area contributed by atoms with Crippen LogP contribution in [0.25, 0.3) is 0 Å². The first-order valence-corrected chi connectivity index (χ1v) is 5.61. The highest BCUT2D eigenvalue weighted by Crippen LogP contribution is 2.17. The molecule has 1 heterocycles. The van der Waals surface area contributed by atoms with Crippen LogP contribution in [0.4, 0.5) is 0 Å². The van der Waals surface area contributed by atoms with Crippen LogP contribution in [-0.4, -0.2) is 23.7 Å². The molecule has 16 heavy (non-hydrogen) atoms. The molecule has 0 spiro atoms. The summed E-state index contributed by atoms with van der Waals surface area (Å²) in [6, 6.07) is 7.93. The van der Waals surface area contributed by atoms with Crippen molar-refractivity contribution in [1.29, 1.82) is 0 Å². The van der Waals surface area contributed by atoms with Gasteiger partial charge in [0.05, 0.1) is 12.6 Å². The third-order valence-electron chi connectivity index (χ3n) is 2.83. The first kappa shape index (κ1) is 11.1. The van der Waals surface area contributed by atoms with Crippen molar-refractivity contribution in [3.63, 3.8) is 0 Å². The van der Waals surface area contributed by atoms with Crippen molar-refractivity contribution in [3.05, 3.63) is 35.4 Å². The molecule has 1 aliphatic heterocycles. The van der Waals surface area contributed by atoms with Gasteiger partial charge in [0.25, 0.3) is 0 Å². The summed E-state index contributed by atoms with van der Waals surface area (Å²) < 4.78 is 5.57. The summed E-state index contributed by atoms with van der Waals surface area (Å²) in [5.74, 6) is 1.23. The van der Waals surface area contributed by atoms with Crippen molar-refractivity contribution in [2.45, 2.75) is 26.5 Å². The van der Waals surface area contributed by atoms with Crippen molar-refractivity contribution in [3.8, 4) is 0 Å². The summed E-state index contributed by atoms with van der Waals surface area (Å²) in [5.41, 5.74) is 1.89. The molecule has 1 aromatic rings. The topological polar surface area (TPSA) is 41.8 Å². The third kappa shape index (κ3) is 2.25. The molecule has 0 radical (unpaired) electrons. The number of hydrogen-bond donors (Lipinski definition) is 1. The lowest BCUT2D eigenvalue weighted by Crippen LogP contribution is -2.13. The number of rotatable bonds is 3. The molecule has 0 saturated heterocycles. The van der Waals surface area contributed by atoms with Crippen molar-refractivity contribution < 1.29 is 9.84 Å². The van der Waals surface area contributed by atoms with E-state index in [0.29, 0.717) is 12.5 Å². The van der Waals surface area contributed by atoms with Gasteiger partial charge in [-0.3, -0.25) is 0 Å². The second-order valence-electron chi connectivity index (χ2n) is 4.41. The summed E-state index contributed by atoms with van der Waals surface area (Å²) in [5, 5.41) is 8.95. The lowest BCUT2D eigenvalue weighted by molar-refractivity contribution is 0.281. The Bertz CT molecular complexity index is 381. The van der Waals surface area contributed by atoms with E-state index >= 15 is 0 Å². The molecular weight excluding hydrogens is 202 g/mol. The second-order valence-corrected chi connectivity index (χ2v) is 4.41. The number of aliphatic imine (C=N–C) groups is 1. The maximum atomic E-state index is 8.95. The zero-order valence-corrected chi connectivity index (χ0v) is 9.68. The molecule has 0 fully saturated rings. The number of ether oxygens (including phenoxy) is 1. The van der Waals surface area contributed by atoms with Crippen LogP contribution in [0.3, 0.4) is 0 Å². The Hall–Kier alpha value is -1.35. The highest BCUT2D eigenvalue weighted by molar-refractivity contribution is 5.95. The number of hydrogen-bond acceptors (Lipinski definition) is 3. The lowest BCUT2D eigenvalue weighted by Gasteiger charge is -2.06. The van der Waals surface area contributed by atoms with E-state index in [9.17, 15) is 0 Å². The van der Waals surface area contributed by atoms with Crippen LogP contribution >= 0.6 is 0 Å². The maximum Gasteiger partial charge on any atom is 0.216 e. The number of nitrogens with zero attached hydrogens (tertiary/aromatic N) is 1. The number of aliphatic hydroxyl groups excluding tert-OH is 1. The lowest BCUT2D eigenvalue weighted by atomic mass is 10.1. The molecule has 2 rings (SSSR count). The molecule has 1 aromatic carbocycles. The minimum atomic E-state index is 0.0717. The number of benzene rings is 1. The summed E-state index contributed by atoms with van der Waals surface area (Å²) in [6.45, 7) is 5.04. The Balaban J connectivity index is 2.16. The van der Waals surface area contributed by atoms with Crippen LogP contribution in [0.1, 0.15) is 25.0 Å². The second kappa shape index (κ2) is 4.66. The molecule has 1 unspecified atom stereocenters. The fraction of sp³-hybridized carbons (Fsp3) is 0.462. The quantitative estimate of drug-likeness (QED) is 0.844. The van der Waals surface area contributed by atoms with Gasteiger partial charge in [0.1, 0.15) is 6.61 Å².